The molecule has 33 heavy (non-hydrogen) atoms. The maximum Gasteiger partial charge on any atom is 1.00 e. The van der Waals surface area contributed by atoms with Crippen molar-refractivity contribution in [2.24, 2.45) is 0 Å². The Morgan fingerprint density at radius 3 is 0.636 bits per heavy atom. The van der Waals surface area contributed by atoms with Crippen molar-refractivity contribution in [1.82, 2.24) is 0 Å². The number of hydrogen-bond donors (Lipinski definition) is 9. The molecule has 0 amide bonds. The molecule has 6 atom stereocenters. The number of hydrogen-bond acceptors (Lipinski definition) is 15. The van der Waals surface area contributed by atoms with E-state index in [1.54, 1.807) is 0 Å². The molecule has 0 spiro atoms. The van der Waals surface area contributed by atoms with Gasteiger partial charge in [0.1, 0.15) is 18.3 Å². The Balaban J connectivity index is -0.0000000792. The van der Waals surface area contributed by atoms with Gasteiger partial charge in [-0.25, -0.2) is 14.4 Å². The first-order valence-electron chi connectivity index (χ1n) is 6.79. The summed E-state index contributed by atoms with van der Waals surface area (Å²) in [6.45, 7) is 0. The molecule has 0 fully saturated rings. The van der Waals surface area contributed by atoms with E-state index in [9.17, 15) is 44.1 Å². The number of carbonyl (C=O) groups excluding carboxylic acids is 3. The second-order valence-electron chi connectivity index (χ2n) is 4.64. The summed E-state index contributed by atoms with van der Waals surface area (Å²) >= 11 is 0. The Kier molecular flexibility index (Phi) is 33.8. The summed E-state index contributed by atoms with van der Waals surface area (Å²) < 4.78 is 0. The first-order valence-corrected chi connectivity index (χ1v) is 6.79. The van der Waals surface area contributed by atoms with Crippen LogP contribution in [0, 0.1) is 0 Å². The van der Waals surface area contributed by atoms with Gasteiger partial charge in [0.2, 0.25) is 0 Å². The number of aliphatic carboxylic acids is 6. The van der Waals surface area contributed by atoms with Crippen molar-refractivity contribution in [3.05, 3.63) is 0 Å². The summed E-state index contributed by atoms with van der Waals surface area (Å²) in [4.78, 5) is 58.2. The van der Waals surface area contributed by atoms with Gasteiger partial charge in [0.05, 0.1) is 17.9 Å². The summed E-state index contributed by atoms with van der Waals surface area (Å²) in [5.41, 5.74) is 0. The van der Waals surface area contributed by atoms with Gasteiger partial charge in [0, 0.05) is 0 Å². The van der Waals surface area contributed by atoms with Crippen molar-refractivity contribution >= 4 is 35.8 Å². The molecule has 0 radical (unpaired) electrons. The predicted molar refractivity (Wildman–Crippen MR) is 74.0 cm³/mol. The Hall–Kier alpha value is 0.216. The Bertz CT molecular complexity index is 504. The van der Waals surface area contributed by atoms with Gasteiger partial charge in [-0.1, -0.05) is 0 Å². The first kappa shape index (κ1) is 46.5. The Morgan fingerprint density at radius 2 is 0.545 bits per heavy atom. The van der Waals surface area contributed by atoms with Crippen LogP contribution in [-0.4, -0.2) is 118 Å². The van der Waals surface area contributed by atoms with Gasteiger partial charge in [-0.2, -0.15) is 0 Å². The third-order valence-corrected chi connectivity index (χ3v) is 2.38. The Morgan fingerprint density at radius 1 is 0.424 bits per heavy atom. The maximum absolute atomic E-state index is 9.77. The third kappa shape index (κ3) is 22.4. The summed E-state index contributed by atoms with van der Waals surface area (Å²) in [6, 6.07) is 0. The molecule has 0 rings (SSSR count). The van der Waals surface area contributed by atoms with E-state index in [1.807, 2.05) is 0 Å². The minimum Gasteiger partial charge on any atom is -0.547 e. The average molecular weight is 532 g/mol. The fraction of sp³-hybridized carbons (Fsp3) is 0.500. The molecule has 0 aliphatic rings. The molecule has 174 valence electrons. The van der Waals surface area contributed by atoms with Gasteiger partial charge < -0.3 is 75.7 Å². The molecule has 0 aromatic rings. The van der Waals surface area contributed by atoms with E-state index in [-0.39, 0.29) is 110 Å². The summed E-state index contributed by atoms with van der Waals surface area (Å²) in [5, 5.41) is 102. The van der Waals surface area contributed by atoms with Crippen LogP contribution in [0.4, 0.5) is 0 Å². The van der Waals surface area contributed by atoms with Crippen LogP contribution in [0.5, 0.6) is 0 Å². The number of aliphatic hydroxyl groups is 6. The number of aliphatic hydroxyl groups excluding tert-OH is 6. The second-order valence-corrected chi connectivity index (χ2v) is 4.64. The van der Waals surface area contributed by atoms with Crippen molar-refractivity contribution in [3.8, 4) is 0 Å². The minimum atomic E-state index is -2.44. The number of carboxylic acid groups (broad SMARTS) is 6. The molecule has 0 heterocycles. The third-order valence-electron chi connectivity index (χ3n) is 2.38. The molecular weight excluding hydrogens is 517 g/mol. The van der Waals surface area contributed by atoms with Gasteiger partial charge in [-0.3, -0.25) is 0 Å². The zero-order chi connectivity index (χ0) is 24.9. The topological polar surface area (TPSA) is 354 Å². The maximum atomic E-state index is 9.77. The standard InChI is InChI=1S/3C4H6O6.K.2Na/c3*5-1(3(7)8)2(6)4(9)10;;;/h3*1-2,5-6H,(H,7,8)(H,9,10);;;/q;;;3*+1/p-3. The van der Waals surface area contributed by atoms with Crippen LogP contribution >= 0.6 is 0 Å². The van der Waals surface area contributed by atoms with Gasteiger partial charge in [0.15, 0.2) is 18.3 Å². The molecule has 6 unspecified atom stereocenters. The van der Waals surface area contributed by atoms with Crippen LogP contribution in [0.2, 0.25) is 0 Å². The SMILES string of the molecule is O=C(O)C(O)C(O)C(=O)O.O=C([O-])C(O)C(O)C(=O)O.O=C([O-])C(O)C(O)C(=O)[O-].[K+].[Na+].[Na+]. The summed E-state index contributed by atoms with van der Waals surface area (Å²) in [6.07, 6.45) is -14.1. The Labute approximate surface area is 269 Å². The van der Waals surface area contributed by atoms with Crippen LogP contribution in [0.3, 0.4) is 0 Å². The predicted octanol–water partition coefficient (Wildman–Crippen LogP) is -19.4. The fourth-order valence-corrected chi connectivity index (χ4v) is 0.792. The molecule has 21 heteroatoms. The number of carbonyl (C=O) groups is 6. The quantitative estimate of drug-likeness (QED) is 0.124. The fourth-order valence-electron chi connectivity index (χ4n) is 0.792. The van der Waals surface area contributed by atoms with Crippen molar-refractivity contribution in [3.63, 3.8) is 0 Å². The molecule has 0 aliphatic carbocycles. The normalized spacial score (nSPS) is 14.4. The monoisotopic (exact) mass is 532 g/mol. The van der Waals surface area contributed by atoms with Gasteiger partial charge in [-0.05, 0) is 0 Å². The van der Waals surface area contributed by atoms with E-state index in [2.05, 4.69) is 0 Å². The minimum absolute atomic E-state index is 0. The van der Waals surface area contributed by atoms with E-state index < -0.39 is 72.4 Å². The van der Waals surface area contributed by atoms with Crippen molar-refractivity contribution in [1.29, 1.82) is 0 Å². The number of rotatable bonds is 9. The van der Waals surface area contributed by atoms with Crippen molar-refractivity contribution < 1.29 is 201 Å². The van der Waals surface area contributed by atoms with Crippen LogP contribution in [0.15, 0.2) is 0 Å². The van der Waals surface area contributed by atoms with Gasteiger partial charge in [-0.15, -0.1) is 0 Å². The van der Waals surface area contributed by atoms with Gasteiger partial charge >= 0.3 is 128 Å². The van der Waals surface area contributed by atoms with Crippen LogP contribution in [-0.2, 0) is 28.8 Å². The second kappa shape index (κ2) is 23.9. The largest absolute Gasteiger partial charge is 1.00 e. The molecule has 0 aliphatic heterocycles. The van der Waals surface area contributed by atoms with Crippen LogP contribution in [0.1, 0.15) is 0 Å². The molecule has 0 saturated heterocycles. The molecule has 9 N–H and O–H groups in total. The smallest absolute Gasteiger partial charge is 0.547 e. The molecule has 18 nitrogen and oxygen atoms in total. The van der Waals surface area contributed by atoms with E-state index in [1.165, 1.54) is 0 Å². The van der Waals surface area contributed by atoms with Crippen molar-refractivity contribution in [2.45, 2.75) is 36.6 Å². The zero-order valence-electron chi connectivity index (χ0n) is 17.2. The molecular formula is C12H15KNa2O18. The molecule has 0 aromatic carbocycles. The van der Waals surface area contributed by atoms with Crippen LogP contribution in [0.25, 0.3) is 0 Å². The van der Waals surface area contributed by atoms with E-state index in [4.69, 9.17) is 46.0 Å². The van der Waals surface area contributed by atoms with E-state index in [0.717, 1.165) is 0 Å². The van der Waals surface area contributed by atoms with E-state index in [0.29, 0.717) is 0 Å². The van der Waals surface area contributed by atoms with Crippen LogP contribution < -0.4 is 126 Å². The average Bonchev–Trinajstić information content (AvgIpc) is 2.64. The summed E-state index contributed by atoms with van der Waals surface area (Å²) in [7, 11) is 0. The summed E-state index contributed by atoms with van der Waals surface area (Å²) in [5.74, 6) is -11.5. The zero-order valence-corrected chi connectivity index (χ0v) is 24.3. The van der Waals surface area contributed by atoms with Crippen molar-refractivity contribution in [2.75, 3.05) is 0 Å². The van der Waals surface area contributed by atoms with Gasteiger partial charge in [0.25, 0.3) is 0 Å². The number of carboxylic acids is 6. The first-order chi connectivity index (χ1) is 13.4. The molecule has 0 bridgehead atoms. The molecule has 0 saturated carbocycles. The van der Waals surface area contributed by atoms with E-state index >= 15 is 0 Å². The molecule has 0 aromatic heterocycles.